The lowest BCUT2D eigenvalue weighted by Crippen LogP contribution is -2.48. The van der Waals surface area contributed by atoms with E-state index in [9.17, 15) is 14.7 Å². The number of rotatable bonds is 9. The number of piperazine rings is 1. The third kappa shape index (κ3) is 6.77. The Morgan fingerprint density at radius 1 is 1.15 bits per heavy atom. The second kappa shape index (κ2) is 11.9. The number of carbonyl (C=O) groups excluding carboxylic acids is 2. The average molecular weight is 464 g/mol. The van der Waals surface area contributed by atoms with Crippen LogP contribution in [-0.4, -0.2) is 107 Å². The molecule has 0 bridgehead atoms. The summed E-state index contributed by atoms with van der Waals surface area (Å²) in [6, 6.07) is 0. The van der Waals surface area contributed by atoms with Crippen molar-refractivity contribution in [1.82, 2.24) is 24.6 Å². The minimum atomic E-state index is -0.298. The number of hydrogen-bond donors (Lipinski definition) is 1. The van der Waals surface area contributed by atoms with Crippen LogP contribution in [0.1, 0.15) is 56.9 Å². The standard InChI is InChI=1S/C24H41N5O4/c1-5-28(6-2)23(31)19-8-7-9-29(14-19)24(32)20-17-33-22(25-20)16-27-12-10-26(11-13-27)15-21(30)18(3)4/h17-19,21,30H,5-16H2,1-4H3/t19-,21+/m0/s1. The number of aliphatic hydroxyl groups excluding tert-OH is 1. The van der Waals surface area contributed by atoms with Gasteiger partial charge in [-0.1, -0.05) is 13.8 Å². The molecular weight excluding hydrogens is 422 g/mol. The minimum Gasteiger partial charge on any atom is -0.447 e. The summed E-state index contributed by atoms with van der Waals surface area (Å²) in [5, 5.41) is 10.1. The number of aromatic nitrogens is 1. The molecule has 2 saturated heterocycles. The summed E-state index contributed by atoms with van der Waals surface area (Å²) in [4.78, 5) is 38.4. The van der Waals surface area contributed by atoms with Crippen molar-refractivity contribution in [3.05, 3.63) is 17.8 Å². The van der Waals surface area contributed by atoms with Gasteiger partial charge >= 0.3 is 0 Å². The number of carbonyl (C=O) groups is 2. The maximum atomic E-state index is 13.0. The van der Waals surface area contributed by atoms with Crippen LogP contribution in [0.15, 0.2) is 10.7 Å². The third-order valence-electron chi connectivity index (χ3n) is 6.94. The van der Waals surface area contributed by atoms with Crippen LogP contribution in [0.5, 0.6) is 0 Å². The molecule has 2 atom stereocenters. The fourth-order valence-electron chi connectivity index (χ4n) is 4.60. The Balaban J connectivity index is 1.50. The van der Waals surface area contributed by atoms with Crippen LogP contribution in [0.3, 0.4) is 0 Å². The first-order valence-electron chi connectivity index (χ1n) is 12.5. The quantitative estimate of drug-likeness (QED) is 0.594. The summed E-state index contributed by atoms with van der Waals surface area (Å²) in [6.45, 7) is 15.3. The molecule has 2 fully saturated rings. The Morgan fingerprint density at radius 3 is 2.45 bits per heavy atom. The van der Waals surface area contributed by atoms with Crippen molar-refractivity contribution in [2.45, 2.75) is 53.2 Å². The molecule has 1 N–H and O–H groups in total. The predicted molar refractivity (Wildman–Crippen MR) is 126 cm³/mol. The van der Waals surface area contributed by atoms with Crippen molar-refractivity contribution >= 4 is 11.8 Å². The number of oxazole rings is 1. The first-order chi connectivity index (χ1) is 15.8. The lowest BCUT2D eigenvalue weighted by molar-refractivity contribution is -0.136. The maximum absolute atomic E-state index is 13.0. The number of aliphatic hydroxyl groups is 1. The molecule has 0 aliphatic carbocycles. The Bertz CT molecular complexity index is 771. The van der Waals surface area contributed by atoms with Gasteiger partial charge in [-0.25, -0.2) is 4.98 Å². The number of β-amino-alcohol motifs (C(OH)–C–C–N with tert-alkyl or cyclic N) is 1. The summed E-state index contributed by atoms with van der Waals surface area (Å²) in [6.07, 6.45) is 2.80. The molecule has 33 heavy (non-hydrogen) atoms. The minimum absolute atomic E-state index is 0.137. The smallest absolute Gasteiger partial charge is 0.275 e. The van der Waals surface area contributed by atoms with Crippen LogP contribution >= 0.6 is 0 Å². The van der Waals surface area contributed by atoms with Crippen LogP contribution in [0.25, 0.3) is 0 Å². The Kier molecular flexibility index (Phi) is 9.28. The number of hydrogen-bond acceptors (Lipinski definition) is 7. The van der Waals surface area contributed by atoms with Crippen molar-refractivity contribution < 1.29 is 19.1 Å². The Labute approximate surface area is 197 Å². The van der Waals surface area contributed by atoms with E-state index in [1.807, 2.05) is 32.6 Å². The summed E-state index contributed by atoms with van der Waals surface area (Å²) in [7, 11) is 0. The zero-order chi connectivity index (χ0) is 24.0. The van der Waals surface area contributed by atoms with Crippen LogP contribution in [0.4, 0.5) is 0 Å². The molecule has 0 radical (unpaired) electrons. The van der Waals surface area contributed by atoms with Gasteiger partial charge < -0.3 is 19.3 Å². The van der Waals surface area contributed by atoms with Gasteiger partial charge in [0.1, 0.15) is 6.26 Å². The van der Waals surface area contributed by atoms with Crippen molar-refractivity contribution in [1.29, 1.82) is 0 Å². The fourth-order valence-corrected chi connectivity index (χ4v) is 4.60. The molecule has 0 spiro atoms. The first kappa shape index (κ1) is 25.6. The molecule has 2 aliphatic rings. The van der Waals surface area contributed by atoms with Gasteiger partial charge in [0.25, 0.3) is 5.91 Å². The maximum Gasteiger partial charge on any atom is 0.275 e. The van der Waals surface area contributed by atoms with Gasteiger partial charge in [0.15, 0.2) is 5.69 Å². The summed E-state index contributed by atoms with van der Waals surface area (Å²) in [5.74, 6) is 0.644. The molecule has 1 aromatic rings. The molecule has 3 heterocycles. The monoisotopic (exact) mass is 463 g/mol. The molecule has 0 saturated carbocycles. The van der Waals surface area contributed by atoms with Crippen LogP contribution < -0.4 is 0 Å². The van der Waals surface area contributed by atoms with Crippen molar-refractivity contribution in [3.8, 4) is 0 Å². The molecule has 186 valence electrons. The fraction of sp³-hybridized carbons (Fsp3) is 0.792. The SMILES string of the molecule is CCN(CC)C(=O)[C@H]1CCCN(C(=O)c2coc(CN3CCN(C[C@@H](O)C(C)C)CC3)n2)C1. The van der Waals surface area contributed by atoms with Crippen molar-refractivity contribution in [2.24, 2.45) is 11.8 Å². The number of likely N-dealkylation sites (tertiary alicyclic amines) is 1. The predicted octanol–water partition coefficient (Wildman–Crippen LogP) is 1.53. The van der Waals surface area contributed by atoms with Gasteiger partial charge in [0.05, 0.1) is 18.6 Å². The number of amides is 2. The van der Waals surface area contributed by atoms with Crippen molar-refractivity contribution in [3.63, 3.8) is 0 Å². The van der Waals surface area contributed by atoms with Gasteiger partial charge in [0, 0.05) is 58.9 Å². The van der Waals surface area contributed by atoms with E-state index in [0.29, 0.717) is 50.9 Å². The largest absolute Gasteiger partial charge is 0.447 e. The summed E-state index contributed by atoms with van der Waals surface area (Å²) < 4.78 is 5.62. The molecule has 9 heteroatoms. The summed E-state index contributed by atoms with van der Waals surface area (Å²) in [5.41, 5.74) is 0.319. The van der Waals surface area contributed by atoms with Crippen LogP contribution in [0.2, 0.25) is 0 Å². The van der Waals surface area contributed by atoms with E-state index in [4.69, 9.17) is 4.42 Å². The van der Waals surface area contributed by atoms with Gasteiger partial charge in [-0.15, -0.1) is 0 Å². The highest BCUT2D eigenvalue weighted by Gasteiger charge is 2.32. The Morgan fingerprint density at radius 2 is 1.82 bits per heavy atom. The zero-order valence-electron chi connectivity index (χ0n) is 20.7. The highest BCUT2D eigenvalue weighted by Crippen LogP contribution is 2.21. The van der Waals surface area contributed by atoms with E-state index in [-0.39, 0.29) is 29.8 Å². The van der Waals surface area contributed by atoms with E-state index in [1.165, 1.54) is 6.26 Å². The lowest BCUT2D eigenvalue weighted by Gasteiger charge is -2.35. The molecule has 3 rings (SSSR count). The van der Waals surface area contributed by atoms with Gasteiger partial charge in [-0.3, -0.25) is 19.4 Å². The molecule has 2 amide bonds. The first-order valence-corrected chi connectivity index (χ1v) is 12.5. The Hall–Kier alpha value is -1.97. The molecule has 9 nitrogen and oxygen atoms in total. The average Bonchev–Trinajstić information content (AvgIpc) is 3.29. The van der Waals surface area contributed by atoms with Crippen LogP contribution in [-0.2, 0) is 11.3 Å². The highest BCUT2D eigenvalue weighted by molar-refractivity contribution is 5.92. The molecular formula is C24H41N5O4. The second-order valence-electron chi connectivity index (χ2n) is 9.62. The molecule has 0 aromatic carbocycles. The van der Waals surface area contributed by atoms with Gasteiger partial charge in [-0.05, 0) is 32.6 Å². The normalized spacial score (nSPS) is 21.4. The van der Waals surface area contributed by atoms with Crippen molar-refractivity contribution in [2.75, 3.05) is 58.9 Å². The zero-order valence-corrected chi connectivity index (χ0v) is 20.7. The number of piperidine rings is 1. The van der Waals surface area contributed by atoms with Gasteiger partial charge in [-0.2, -0.15) is 0 Å². The summed E-state index contributed by atoms with van der Waals surface area (Å²) >= 11 is 0. The highest BCUT2D eigenvalue weighted by atomic mass is 16.3. The van der Waals surface area contributed by atoms with E-state index in [2.05, 4.69) is 14.8 Å². The van der Waals surface area contributed by atoms with E-state index < -0.39 is 0 Å². The van der Waals surface area contributed by atoms with E-state index >= 15 is 0 Å². The van der Waals surface area contributed by atoms with Gasteiger partial charge in [0.2, 0.25) is 11.8 Å². The van der Waals surface area contributed by atoms with Crippen LogP contribution in [0, 0.1) is 11.8 Å². The third-order valence-corrected chi connectivity index (χ3v) is 6.94. The topological polar surface area (TPSA) is 93.4 Å². The molecule has 0 unspecified atom stereocenters. The van der Waals surface area contributed by atoms with E-state index in [1.54, 1.807) is 4.90 Å². The second-order valence-corrected chi connectivity index (χ2v) is 9.62. The lowest BCUT2D eigenvalue weighted by atomic mass is 9.96. The number of nitrogens with zero attached hydrogens (tertiary/aromatic N) is 5. The molecule has 1 aromatic heterocycles. The van der Waals surface area contributed by atoms with E-state index in [0.717, 1.165) is 39.0 Å². The molecule has 2 aliphatic heterocycles.